The maximum absolute atomic E-state index is 13.3. The first-order chi connectivity index (χ1) is 15.5. The number of hydrogen-bond donors (Lipinski definition) is 1. The molecule has 0 aliphatic carbocycles. The molecule has 2 aromatic carbocycles. The van der Waals surface area contributed by atoms with Gasteiger partial charge in [0.25, 0.3) is 0 Å². The maximum atomic E-state index is 13.3. The zero-order valence-electron chi connectivity index (χ0n) is 18.3. The highest BCUT2D eigenvalue weighted by molar-refractivity contribution is 7.10. The van der Waals surface area contributed by atoms with Gasteiger partial charge >= 0.3 is 6.09 Å². The van der Waals surface area contributed by atoms with Crippen LogP contribution in [0, 0.1) is 11.8 Å². The summed E-state index contributed by atoms with van der Waals surface area (Å²) in [6, 6.07) is 23.3. The van der Waals surface area contributed by atoms with Crippen LogP contribution in [0.2, 0.25) is 0 Å². The lowest BCUT2D eigenvalue weighted by Gasteiger charge is -2.50. The Balaban J connectivity index is 1.49. The molecule has 3 aromatic rings. The van der Waals surface area contributed by atoms with Crippen LogP contribution >= 0.6 is 11.3 Å². The van der Waals surface area contributed by atoms with Gasteiger partial charge in [0.15, 0.2) is 0 Å². The van der Waals surface area contributed by atoms with Gasteiger partial charge in [-0.2, -0.15) is 0 Å². The van der Waals surface area contributed by atoms with Crippen molar-refractivity contribution in [2.45, 2.75) is 39.1 Å². The van der Waals surface area contributed by atoms with Crippen LogP contribution in [0.5, 0.6) is 0 Å². The number of hydrogen-bond acceptors (Lipinski definition) is 4. The van der Waals surface area contributed by atoms with Crippen molar-refractivity contribution in [3.8, 4) is 0 Å². The molecule has 0 saturated carbocycles. The molecule has 1 N–H and O–H groups in total. The Morgan fingerprint density at radius 2 is 1.66 bits per heavy atom. The monoisotopic (exact) mass is 448 g/mol. The molecule has 0 unspecified atom stereocenters. The highest BCUT2D eigenvalue weighted by atomic mass is 32.1. The summed E-state index contributed by atoms with van der Waals surface area (Å²) in [5, 5.41) is 5.02. The van der Waals surface area contributed by atoms with Gasteiger partial charge in [0.05, 0.1) is 12.0 Å². The minimum atomic E-state index is -0.494. The third-order valence-corrected chi connectivity index (χ3v) is 6.82. The molecule has 1 fully saturated rings. The zero-order chi connectivity index (χ0) is 22.5. The van der Waals surface area contributed by atoms with Crippen molar-refractivity contribution >= 4 is 23.3 Å². The molecule has 1 aliphatic rings. The lowest BCUT2D eigenvalue weighted by Crippen LogP contribution is -2.63. The Hall–Kier alpha value is -3.12. The predicted octanol–water partition coefficient (Wildman–Crippen LogP) is 5.40. The standard InChI is InChI=1S/C26H28N2O3S/c1-18(2)23(27-26(30)31-17-20-12-7-4-8-13-20)22-24(21-14-9-15-32-21)28(25(22)29)16-19-10-5-3-6-11-19/h3-15,18,22-24H,16-17H2,1-2H3,(H,27,30)/t22-,23+,24-/m1/s1. The van der Waals surface area contributed by atoms with Gasteiger partial charge in [-0.1, -0.05) is 80.6 Å². The highest BCUT2D eigenvalue weighted by Gasteiger charge is 2.53. The van der Waals surface area contributed by atoms with Crippen LogP contribution in [0.25, 0.3) is 0 Å². The van der Waals surface area contributed by atoms with E-state index in [2.05, 4.69) is 11.4 Å². The van der Waals surface area contributed by atoms with Crippen molar-refractivity contribution < 1.29 is 14.3 Å². The number of likely N-dealkylation sites (tertiary alicyclic amines) is 1. The Bertz CT molecular complexity index is 1020. The molecule has 1 aliphatic heterocycles. The third-order valence-electron chi connectivity index (χ3n) is 5.88. The average molecular weight is 449 g/mol. The van der Waals surface area contributed by atoms with Crippen molar-refractivity contribution in [1.82, 2.24) is 10.2 Å². The number of benzene rings is 2. The fraction of sp³-hybridized carbons (Fsp3) is 0.308. The van der Waals surface area contributed by atoms with Gasteiger partial charge < -0.3 is 15.0 Å². The first-order valence-electron chi connectivity index (χ1n) is 10.9. The average Bonchev–Trinajstić information content (AvgIpc) is 3.33. The first kappa shape index (κ1) is 22.1. The SMILES string of the molecule is CC(C)[C@H](NC(=O)OCc1ccccc1)[C@H]1C(=O)N(Cc2ccccc2)[C@@H]1c1cccs1. The Morgan fingerprint density at radius 1 is 1.00 bits per heavy atom. The summed E-state index contributed by atoms with van der Waals surface area (Å²) in [5.41, 5.74) is 2.02. The number of β-lactam (4-membered cyclic amide) rings is 1. The lowest BCUT2D eigenvalue weighted by molar-refractivity contribution is -0.161. The molecule has 3 atom stereocenters. The molecule has 5 nitrogen and oxygen atoms in total. The van der Waals surface area contributed by atoms with Crippen molar-refractivity contribution in [2.75, 3.05) is 0 Å². The van der Waals surface area contributed by atoms with Crippen LogP contribution in [-0.2, 0) is 22.7 Å². The number of nitrogens with one attached hydrogen (secondary N) is 1. The van der Waals surface area contributed by atoms with Gasteiger partial charge in [-0.3, -0.25) is 4.79 Å². The minimum Gasteiger partial charge on any atom is -0.445 e. The largest absolute Gasteiger partial charge is 0.445 e. The van der Waals surface area contributed by atoms with Crippen molar-refractivity contribution in [2.24, 2.45) is 11.8 Å². The second-order valence-corrected chi connectivity index (χ2v) is 9.39. The maximum Gasteiger partial charge on any atom is 0.407 e. The number of thiophene rings is 1. The molecule has 6 heteroatoms. The fourth-order valence-corrected chi connectivity index (χ4v) is 5.13. The van der Waals surface area contributed by atoms with Gasteiger partial charge in [-0.15, -0.1) is 11.3 Å². The van der Waals surface area contributed by atoms with Crippen molar-refractivity contribution in [1.29, 1.82) is 0 Å². The molecule has 0 spiro atoms. The number of ether oxygens (including phenoxy) is 1. The summed E-state index contributed by atoms with van der Waals surface area (Å²) in [6.07, 6.45) is -0.494. The zero-order valence-corrected chi connectivity index (χ0v) is 19.1. The van der Waals surface area contributed by atoms with Crippen LogP contribution in [0.15, 0.2) is 78.2 Å². The molecule has 1 saturated heterocycles. The molecule has 0 radical (unpaired) electrons. The Labute approximate surface area is 193 Å². The number of carbonyl (C=O) groups excluding carboxylic acids is 2. The molecule has 1 aromatic heterocycles. The van der Waals surface area contributed by atoms with E-state index in [0.717, 1.165) is 16.0 Å². The second-order valence-electron chi connectivity index (χ2n) is 8.41. The van der Waals surface area contributed by atoms with Crippen LogP contribution in [0.4, 0.5) is 4.79 Å². The normalized spacial score (nSPS) is 18.8. The van der Waals surface area contributed by atoms with E-state index in [-0.39, 0.29) is 36.4 Å². The second kappa shape index (κ2) is 10.0. The predicted molar refractivity (Wildman–Crippen MR) is 126 cm³/mol. The van der Waals surface area contributed by atoms with Crippen LogP contribution in [-0.4, -0.2) is 22.9 Å². The number of alkyl carbamates (subject to hydrolysis) is 1. The number of amides is 2. The summed E-state index contributed by atoms with van der Waals surface area (Å²) in [7, 11) is 0. The molecule has 32 heavy (non-hydrogen) atoms. The van der Waals surface area contributed by atoms with Crippen molar-refractivity contribution in [3.63, 3.8) is 0 Å². The molecule has 0 bridgehead atoms. The van der Waals surface area contributed by atoms with E-state index in [4.69, 9.17) is 4.74 Å². The summed E-state index contributed by atoms with van der Waals surface area (Å²) >= 11 is 1.64. The molecule has 2 heterocycles. The fourth-order valence-electron chi connectivity index (χ4n) is 4.24. The van der Waals surface area contributed by atoms with Gasteiger partial charge in [0, 0.05) is 17.5 Å². The van der Waals surface area contributed by atoms with Crippen LogP contribution < -0.4 is 5.32 Å². The van der Waals surface area contributed by atoms with Gasteiger partial charge in [-0.05, 0) is 28.5 Å². The molecule has 166 valence electrons. The number of nitrogens with zero attached hydrogens (tertiary/aromatic N) is 1. The van der Waals surface area contributed by atoms with Gasteiger partial charge in [0.1, 0.15) is 6.61 Å². The van der Waals surface area contributed by atoms with E-state index in [1.165, 1.54) is 0 Å². The lowest BCUT2D eigenvalue weighted by atomic mass is 9.76. The van der Waals surface area contributed by atoms with E-state index in [0.29, 0.717) is 6.54 Å². The molecular formula is C26H28N2O3S. The molecule has 2 amide bonds. The van der Waals surface area contributed by atoms with E-state index in [1.54, 1.807) is 11.3 Å². The van der Waals surface area contributed by atoms with E-state index >= 15 is 0 Å². The molecular weight excluding hydrogens is 420 g/mol. The van der Waals surface area contributed by atoms with Crippen molar-refractivity contribution in [3.05, 3.63) is 94.2 Å². The summed E-state index contributed by atoms with van der Waals surface area (Å²) < 4.78 is 5.44. The van der Waals surface area contributed by atoms with Crippen LogP contribution in [0.3, 0.4) is 0 Å². The summed E-state index contributed by atoms with van der Waals surface area (Å²) in [5.74, 6) is -0.175. The van der Waals surface area contributed by atoms with Crippen LogP contribution in [0.1, 0.15) is 35.9 Å². The summed E-state index contributed by atoms with van der Waals surface area (Å²) in [4.78, 5) is 29.0. The highest BCUT2D eigenvalue weighted by Crippen LogP contribution is 2.46. The van der Waals surface area contributed by atoms with Gasteiger partial charge in [0.2, 0.25) is 5.91 Å². The smallest absolute Gasteiger partial charge is 0.407 e. The number of carbonyl (C=O) groups is 2. The number of rotatable bonds is 8. The Kier molecular flexibility index (Phi) is 6.90. The van der Waals surface area contributed by atoms with E-state index in [9.17, 15) is 9.59 Å². The van der Waals surface area contributed by atoms with Gasteiger partial charge in [-0.25, -0.2) is 4.79 Å². The van der Waals surface area contributed by atoms with E-state index in [1.807, 2.05) is 90.9 Å². The molecule has 4 rings (SSSR count). The quantitative estimate of drug-likeness (QED) is 0.470. The Morgan fingerprint density at radius 3 is 2.25 bits per heavy atom. The van der Waals surface area contributed by atoms with E-state index < -0.39 is 6.09 Å². The topological polar surface area (TPSA) is 58.6 Å². The first-order valence-corrected chi connectivity index (χ1v) is 11.8. The third kappa shape index (κ3) is 4.86. The summed E-state index contributed by atoms with van der Waals surface area (Å²) in [6.45, 7) is 4.81. The minimum absolute atomic E-state index is 0.0642.